The first-order valence-electron chi connectivity index (χ1n) is 9.21. The van der Waals surface area contributed by atoms with Gasteiger partial charge in [-0.1, -0.05) is 6.07 Å². The molecular weight excluding hydrogens is 352 g/mol. The third-order valence-corrected chi connectivity index (χ3v) is 5.18. The fourth-order valence-corrected chi connectivity index (χ4v) is 3.70. The van der Waals surface area contributed by atoms with Crippen LogP contribution in [-0.2, 0) is 6.42 Å². The van der Waals surface area contributed by atoms with Crippen molar-refractivity contribution in [3.63, 3.8) is 0 Å². The minimum absolute atomic E-state index is 0.173. The zero-order valence-corrected chi connectivity index (χ0v) is 15.5. The van der Waals surface area contributed by atoms with Crippen molar-refractivity contribution in [1.82, 2.24) is 15.0 Å². The maximum atomic E-state index is 5.96. The molecule has 0 fully saturated rings. The number of aromatic nitrogens is 3. The number of nitrogens with zero attached hydrogens (tertiary/aromatic N) is 2. The lowest BCUT2D eigenvalue weighted by Crippen LogP contribution is -2.20. The molecule has 0 spiro atoms. The van der Waals surface area contributed by atoms with Crippen molar-refractivity contribution in [3.8, 4) is 22.6 Å². The van der Waals surface area contributed by atoms with Crippen LogP contribution in [0.15, 0.2) is 54.7 Å². The van der Waals surface area contributed by atoms with Gasteiger partial charge in [-0.25, -0.2) is 9.97 Å². The van der Waals surface area contributed by atoms with Crippen LogP contribution in [-0.4, -0.2) is 28.7 Å². The highest BCUT2D eigenvalue weighted by Crippen LogP contribution is 2.34. The van der Waals surface area contributed by atoms with Crippen molar-refractivity contribution in [2.45, 2.75) is 12.3 Å². The number of hydrogen-bond donors (Lipinski definition) is 2. The van der Waals surface area contributed by atoms with Gasteiger partial charge in [-0.05, 0) is 65.6 Å². The molecule has 0 aliphatic carbocycles. The number of imidazole rings is 1. The first kappa shape index (κ1) is 16.6. The number of fused-ring (bicyclic) bond motifs is 2. The van der Waals surface area contributed by atoms with Crippen molar-refractivity contribution in [2.75, 3.05) is 19.5 Å². The standard InChI is InChI=1S/C22H20N4O2/c1-27-17-3-5-20-15(9-17)8-16(12-28-20)22-25-18-4-2-13(10-19(18)26-22)14-6-7-24-21(23)11-14/h2-7,9-11,16H,8,12H2,1H3,(H2,23,24)(H,25,26). The SMILES string of the molecule is COc1ccc2c(c1)CC(c1nc3ccc(-c4ccnc(N)c4)cc3[nH]1)CO2. The van der Waals surface area contributed by atoms with Crippen LogP contribution < -0.4 is 15.2 Å². The lowest BCUT2D eigenvalue weighted by molar-refractivity contribution is 0.257. The first-order valence-corrected chi connectivity index (χ1v) is 9.21. The molecule has 3 heterocycles. The van der Waals surface area contributed by atoms with Crippen LogP contribution in [0.2, 0.25) is 0 Å². The van der Waals surface area contributed by atoms with Crippen LogP contribution in [0.1, 0.15) is 17.3 Å². The van der Waals surface area contributed by atoms with Crippen LogP contribution >= 0.6 is 0 Å². The largest absolute Gasteiger partial charge is 0.497 e. The van der Waals surface area contributed by atoms with E-state index in [1.54, 1.807) is 13.3 Å². The average molecular weight is 372 g/mol. The summed E-state index contributed by atoms with van der Waals surface area (Å²) in [4.78, 5) is 12.3. The van der Waals surface area contributed by atoms with Gasteiger partial charge >= 0.3 is 0 Å². The quantitative estimate of drug-likeness (QED) is 0.569. The fraction of sp³-hybridized carbons (Fsp3) is 0.182. The van der Waals surface area contributed by atoms with Crippen LogP contribution in [0.4, 0.5) is 5.82 Å². The first-order chi connectivity index (χ1) is 13.7. The van der Waals surface area contributed by atoms with Gasteiger partial charge < -0.3 is 20.2 Å². The molecule has 0 amide bonds. The van der Waals surface area contributed by atoms with Gasteiger partial charge in [0.15, 0.2) is 0 Å². The molecule has 0 bridgehead atoms. The number of rotatable bonds is 3. The van der Waals surface area contributed by atoms with Gasteiger partial charge in [0, 0.05) is 6.20 Å². The van der Waals surface area contributed by atoms with E-state index < -0.39 is 0 Å². The second kappa shape index (κ2) is 6.56. The van der Waals surface area contributed by atoms with Crippen LogP contribution in [0.3, 0.4) is 0 Å². The van der Waals surface area contributed by atoms with E-state index in [-0.39, 0.29) is 5.92 Å². The van der Waals surface area contributed by atoms with Crippen LogP contribution in [0.5, 0.6) is 11.5 Å². The number of pyridine rings is 1. The van der Waals surface area contributed by atoms with Gasteiger partial charge in [0.2, 0.25) is 0 Å². The van der Waals surface area contributed by atoms with E-state index >= 15 is 0 Å². The predicted octanol–water partition coefficient (Wildman–Crippen LogP) is 3.93. The molecular formula is C22H20N4O2. The molecule has 0 saturated carbocycles. The molecule has 3 N–H and O–H groups in total. The number of benzene rings is 2. The molecule has 6 nitrogen and oxygen atoms in total. The van der Waals surface area contributed by atoms with Crippen molar-refractivity contribution in [2.24, 2.45) is 0 Å². The van der Waals surface area contributed by atoms with E-state index in [1.165, 1.54) is 0 Å². The Morgan fingerprint density at radius 3 is 2.86 bits per heavy atom. The van der Waals surface area contributed by atoms with Crippen molar-refractivity contribution < 1.29 is 9.47 Å². The molecule has 0 radical (unpaired) electrons. The molecule has 1 aliphatic heterocycles. The Balaban J connectivity index is 1.47. The summed E-state index contributed by atoms with van der Waals surface area (Å²) in [5, 5.41) is 0. The summed E-state index contributed by atoms with van der Waals surface area (Å²) >= 11 is 0. The normalized spacial score (nSPS) is 15.8. The maximum Gasteiger partial charge on any atom is 0.123 e. The summed E-state index contributed by atoms with van der Waals surface area (Å²) < 4.78 is 11.3. The molecule has 1 atom stereocenters. The second-order valence-corrected chi connectivity index (χ2v) is 7.01. The summed E-state index contributed by atoms with van der Waals surface area (Å²) in [7, 11) is 1.68. The van der Waals surface area contributed by atoms with E-state index in [1.807, 2.05) is 36.4 Å². The van der Waals surface area contributed by atoms with Gasteiger partial charge in [-0.3, -0.25) is 0 Å². The topological polar surface area (TPSA) is 86.0 Å². The maximum absolute atomic E-state index is 5.96. The highest BCUT2D eigenvalue weighted by molar-refractivity contribution is 5.82. The van der Waals surface area contributed by atoms with E-state index in [9.17, 15) is 0 Å². The Hall–Kier alpha value is -3.54. The number of aromatic amines is 1. The molecule has 5 rings (SSSR count). The van der Waals surface area contributed by atoms with Gasteiger partial charge in [0.25, 0.3) is 0 Å². The number of methoxy groups -OCH3 is 1. The van der Waals surface area contributed by atoms with Crippen LogP contribution in [0, 0.1) is 0 Å². The van der Waals surface area contributed by atoms with Gasteiger partial charge in [0.05, 0.1) is 30.7 Å². The zero-order chi connectivity index (χ0) is 19.1. The summed E-state index contributed by atoms with van der Waals surface area (Å²) in [5.74, 6) is 3.39. The summed E-state index contributed by atoms with van der Waals surface area (Å²) in [5.41, 5.74) is 11.0. The highest BCUT2D eigenvalue weighted by atomic mass is 16.5. The molecule has 6 heteroatoms. The number of nitrogen functional groups attached to an aromatic ring is 1. The fourth-order valence-electron chi connectivity index (χ4n) is 3.70. The number of nitrogens with one attached hydrogen (secondary N) is 1. The Labute approximate surface area is 162 Å². The second-order valence-electron chi connectivity index (χ2n) is 7.01. The lowest BCUT2D eigenvalue weighted by Gasteiger charge is -2.24. The third-order valence-electron chi connectivity index (χ3n) is 5.18. The predicted molar refractivity (Wildman–Crippen MR) is 109 cm³/mol. The number of H-pyrrole nitrogens is 1. The molecule has 2 aromatic heterocycles. The lowest BCUT2D eigenvalue weighted by atomic mass is 9.96. The minimum Gasteiger partial charge on any atom is -0.497 e. The molecule has 2 aromatic carbocycles. The van der Waals surface area contributed by atoms with E-state index in [0.717, 1.165) is 51.5 Å². The van der Waals surface area contributed by atoms with Crippen molar-refractivity contribution in [3.05, 3.63) is 66.1 Å². The molecule has 28 heavy (non-hydrogen) atoms. The number of hydrogen-bond acceptors (Lipinski definition) is 5. The number of nitrogens with two attached hydrogens (primary N) is 1. The molecule has 4 aromatic rings. The average Bonchev–Trinajstić information content (AvgIpc) is 3.16. The monoisotopic (exact) mass is 372 g/mol. The van der Waals surface area contributed by atoms with Crippen molar-refractivity contribution >= 4 is 16.9 Å². The zero-order valence-electron chi connectivity index (χ0n) is 15.5. The summed E-state index contributed by atoms with van der Waals surface area (Å²) in [6.07, 6.45) is 2.58. The Bertz CT molecular complexity index is 1170. The number of ether oxygens (including phenoxy) is 2. The Morgan fingerprint density at radius 2 is 2.00 bits per heavy atom. The smallest absolute Gasteiger partial charge is 0.123 e. The molecule has 140 valence electrons. The third kappa shape index (κ3) is 2.93. The summed E-state index contributed by atoms with van der Waals surface area (Å²) in [6.45, 7) is 0.604. The van der Waals surface area contributed by atoms with E-state index in [2.05, 4.69) is 22.1 Å². The minimum atomic E-state index is 0.173. The van der Waals surface area contributed by atoms with E-state index in [0.29, 0.717) is 12.4 Å². The molecule has 1 aliphatic rings. The van der Waals surface area contributed by atoms with Gasteiger partial charge in [0.1, 0.15) is 23.1 Å². The molecule has 0 saturated heterocycles. The van der Waals surface area contributed by atoms with Gasteiger partial charge in [-0.2, -0.15) is 0 Å². The number of anilines is 1. The molecule has 1 unspecified atom stereocenters. The van der Waals surface area contributed by atoms with Gasteiger partial charge in [-0.15, -0.1) is 0 Å². The van der Waals surface area contributed by atoms with E-state index in [4.69, 9.17) is 20.2 Å². The Morgan fingerprint density at radius 1 is 1.11 bits per heavy atom. The summed E-state index contributed by atoms with van der Waals surface area (Å²) in [6, 6.07) is 15.9. The van der Waals surface area contributed by atoms with Crippen molar-refractivity contribution in [1.29, 1.82) is 0 Å². The van der Waals surface area contributed by atoms with Crippen LogP contribution in [0.25, 0.3) is 22.2 Å². The Kier molecular flexibility index (Phi) is 3.90. The highest BCUT2D eigenvalue weighted by Gasteiger charge is 2.24.